The van der Waals surface area contributed by atoms with Gasteiger partial charge >= 0.3 is 6.03 Å². The van der Waals surface area contributed by atoms with Crippen molar-refractivity contribution in [3.63, 3.8) is 0 Å². The lowest BCUT2D eigenvalue weighted by Crippen LogP contribution is -2.38. The number of fused-ring (bicyclic) bond motifs is 1. The van der Waals surface area contributed by atoms with E-state index >= 15 is 0 Å². The molecular weight excluding hydrogens is 230 g/mol. The number of hydrogen-bond donors (Lipinski definition) is 3. The van der Waals surface area contributed by atoms with Crippen molar-refractivity contribution in [2.45, 2.75) is 0 Å². The molecule has 0 heterocycles. The Morgan fingerprint density at radius 2 is 1.78 bits per heavy atom. The van der Waals surface area contributed by atoms with E-state index in [2.05, 4.69) is 5.32 Å². The van der Waals surface area contributed by atoms with Crippen LogP contribution >= 0.6 is 0 Å². The van der Waals surface area contributed by atoms with Crippen LogP contribution in [0.3, 0.4) is 0 Å². The molecule has 0 saturated heterocycles. The van der Waals surface area contributed by atoms with Gasteiger partial charge in [0.25, 0.3) is 0 Å². The molecule has 0 unspecified atom stereocenters. The van der Waals surface area contributed by atoms with Gasteiger partial charge in [-0.25, -0.2) is 4.79 Å². The maximum absolute atomic E-state index is 11.3. The first-order valence-corrected chi connectivity index (χ1v) is 5.48. The van der Waals surface area contributed by atoms with Crippen LogP contribution in [0.2, 0.25) is 0 Å². The molecule has 0 bridgehead atoms. The van der Waals surface area contributed by atoms with Crippen molar-refractivity contribution in [1.29, 1.82) is 0 Å². The fourth-order valence-electron chi connectivity index (χ4n) is 1.74. The SMILES string of the molecule is NC(=O)NC(=O)CNc1cccc2ccccc12. The van der Waals surface area contributed by atoms with Gasteiger partial charge in [0.05, 0.1) is 6.54 Å². The summed E-state index contributed by atoms with van der Waals surface area (Å²) in [5, 5.41) is 7.07. The second kappa shape index (κ2) is 5.18. The van der Waals surface area contributed by atoms with Crippen LogP contribution in [0.5, 0.6) is 0 Å². The van der Waals surface area contributed by atoms with Crippen molar-refractivity contribution in [3.05, 3.63) is 42.5 Å². The summed E-state index contributed by atoms with van der Waals surface area (Å²) >= 11 is 0. The van der Waals surface area contributed by atoms with E-state index in [1.165, 1.54) is 0 Å². The largest absolute Gasteiger partial charge is 0.376 e. The maximum atomic E-state index is 11.3. The predicted molar refractivity (Wildman–Crippen MR) is 70.2 cm³/mol. The molecular formula is C13H13N3O2. The minimum Gasteiger partial charge on any atom is -0.376 e. The van der Waals surface area contributed by atoms with Gasteiger partial charge in [0.2, 0.25) is 5.91 Å². The highest BCUT2D eigenvalue weighted by atomic mass is 16.2. The number of anilines is 1. The van der Waals surface area contributed by atoms with Gasteiger partial charge in [-0.05, 0) is 11.5 Å². The molecule has 3 amide bonds. The Morgan fingerprint density at radius 3 is 2.56 bits per heavy atom. The number of carbonyl (C=O) groups is 2. The molecule has 2 aromatic rings. The highest BCUT2D eigenvalue weighted by Gasteiger charge is 2.05. The number of nitrogens with two attached hydrogens (primary N) is 1. The molecule has 18 heavy (non-hydrogen) atoms. The molecule has 5 heteroatoms. The highest BCUT2D eigenvalue weighted by molar-refractivity contribution is 5.98. The van der Waals surface area contributed by atoms with Crippen molar-refractivity contribution >= 4 is 28.4 Å². The summed E-state index contributed by atoms with van der Waals surface area (Å²) in [6.07, 6.45) is 0. The molecule has 0 aliphatic carbocycles. The predicted octanol–water partition coefficient (Wildman–Crippen LogP) is 1.45. The fraction of sp³-hybridized carbons (Fsp3) is 0.0769. The van der Waals surface area contributed by atoms with Crippen molar-refractivity contribution in [2.24, 2.45) is 5.73 Å². The Morgan fingerprint density at radius 1 is 1.06 bits per heavy atom. The standard InChI is InChI=1S/C13H13N3O2/c14-13(18)16-12(17)8-15-11-7-3-5-9-4-1-2-6-10(9)11/h1-7,15H,8H2,(H3,14,16,17,18). The van der Waals surface area contributed by atoms with Gasteiger partial charge in [-0.3, -0.25) is 10.1 Å². The molecule has 5 nitrogen and oxygen atoms in total. The van der Waals surface area contributed by atoms with E-state index in [4.69, 9.17) is 5.73 Å². The van der Waals surface area contributed by atoms with E-state index in [1.54, 1.807) is 0 Å². The fourth-order valence-corrected chi connectivity index (χ4v) is 1.74. The van der Waals surface area contributed by atoms with Gasteiger partial charge in [-0.15, -0.1) is 0 Å². The third-order valence-corrected chi connectivity index (χ3v) is 2.49. The minimum absolute atomic E-state index is 0.00303. The molecule has 0 saturated carbocycles. The lowest BCUT2D eigenvalue weighted by Gasteiger charge is -2.09. The number of urea groups is 1. The molecule has 2 rings (SSSR count). The van der Waals surface area contributed by atoms with Gasteiger partial charge in [-0.2, -0.15) is 0 Å². The second-order valence-corrected chi connectivity index (χ2v) is 3.79. The molecule has 92 valence electrons. The van der Waals surface area contributed by atoms with Gasteiger partial charge in [0, 0.05) is 11.1 Å². The second-order valence-electron chi connectivity index (χ2n) is 3.79. The lowest BCUT2D eigenvalue weighted by atomic mass is 10.1. The lowest BCUT2D eigenvalue weighted by molar-refractivity contribution is -0.118. The number of hydrogen-bond acceptors (Lipinski definition) is 3. The van der Waals surface area contributed by atoms with E-state index < -0.39 is 11.9 Å². The Bertz CT molecular complexity index is 590. The molecule has 0 aliphatic heterocycles. The Kier molecular flexibility index (Phi) is 3.43. The summed E-state index contributed by atoms with van der Waals surface area (Å²) in [5.41, 5.74) is 5.69. The summed E-state index contributed by atoms with van der Waals surface area (Å²) in [7, 11) is 0. The van der Waals surface area contributed by atoms with Crippen molar-refractivity contribution < 1.29 is 9.59 Å². The van der Waals surface area contributed by atoms with Gasteiger partial charge in [-0.1, -0.05) is 36.4 Å². The third kappa shape index (κ3) is 2.76. The summed E-state index contributed by atoms with van der Waals surface area (Å²) in [4.78, 5) is 21.8. The molecule has 4 N–H and O–H groups in total. The van der Waals surface area contributed by atoms with Gasteiger partial charge in [0.15, 0.2) is 0 Å². The van der Waals surface area contributed by atoms with Gasteiger partial charge < -0.3 is 11.1 Å². The normalized spacial score (nSPS) is 10.0. The Labute approximate surface area is 104 Å². The number of nitrogens with one attached hydrogen (secondary N) is 2. The van der Waals surface area contributed by atoms with Crippen LogP contribution in [-0.4, -0.2) is 18.5 Å². The highest BCUT2D eigenvalue weighted by Crippen LogP contribution is 2.22. The zero-order valence-corrected chi connectivity index (χ0v) is 9.64. The van der Waals surface area contributed by atoms with Crippen molar-refractivity contribution in [2.75, 3.05) is 11.9 Å². The quantitative estimate of drug-likeness (QED) is 0.762. The maximum Gasteiger partial charge on any atom is 0.318 e. The summed E-state index contributed by atoms with van der Waals surface area (Å²) < 4.78 is 0. The number of rotatable bonds is 3. The smallest absolute Gasteiger partial charge is 0.318 e. The number of primary amides is 1. The van der Waals surface area contributed by atoms with E-state index in [0.29, 0.717) is 0 Å². The molecule has 0 aliphatic rings. The first-order chi connectivity index (χ1) is 8.66. The molecule has 0 radical (unpaired) electrons. The zero-order valence-electron chi connectivity index (χ0n) is 9.64. The third-order valence-electron chi connectivity index (χ3n) is 2.49. The average molecular weight is 243 g/mol. The molecule has 0 atom stereocenters. The van der Waals surface area contributed by atoms with Crippen LogP contribution in [0.1, 0.15) is 0 Å². The Hall–Kier alpha value is -2.56. The summed E-state index contributed by atoms with van der Waals surface area (Å²) in [5.74, 6) is -0.463. The molecule has 0 fully saturated rings. The summed E-state index contributed by atoms with van der Waals surface area (Å²) in [6, 6.07) is 12.7. The van der Waals surface area contributed by atoms with Crippen LogP contribution < -0.4 is 16.4 Å². The van der Waals surface area contributed by atoms with Crippen LogP contribution in [0.4, 0.5) is 10.5 Å². The van der Waals surface area contributed by atoms with E-state index in [-0.39, 0.29) is 6.54 Å². The van der Waals surface area contributed by atoms with E-state index in [0.717, 1.165) is 16.5 Å². The average Bonchev–Trinajstić information content (AvgIpc) is 2.35. The van der Waals surface area contributed by atoms with Crippen LogP contribution in [-0.2, 0) is 4.79 Å². The first kappa shape index (κ1) is 11.9. The first-order valence-electron chi connectivity index (χ1n) is 5.48. The van der Waals surface area contributed by atoms with Gasteiger partial charge in [0.1, 0.15) is 0 Å². The van der Waals surface area contributed by atoms with Crippen molar-refractivity contribution in [1.82, 2.24) is 5.32 Å². The van der Waals surface area contributed by atoms with Crippen molar-refractivity contribution in [3.8, 4) is 0 Å². The monoisotopic (exact) mass is 243 g/mol. The molecule has 0 aromatic heterocycles. The summed E-state index contributed by atoms with van der Waals surface area (Å²) in [6.45, 7) is -0.00303. The van der Waals surface area contributed by atoms with Crippen LogP contribution in [0.25, 0.3) is 10.8 Å². The Balaban J connectivity index is 2.12. The topological polar surface area (TPSA) is 84.2 Å². The number of carbonyl (C=O) groups excluding carboxylic acids is 2. The van der Waals surface area contributed by atoms with E-state index in [9.17, 15) is 9.59 Å². The number of benzene rings is 2. The molecule has 0 spiro atoms. The van der Waals surface area contributed by atoms with E-state index in [1.807, 2.05) is 47.8 Å². The van der Waals surface area contributed by atoms with Crippen LogP contribution in [0.15, 0.2) is 42.5 Å². The number of amides is 3. The minimum atomic E-state index is -0.847. The van der Waals surface area contributed by atoms with Crippen LogP contribution in [0, 0.1) is 0 Å². The molecule has 2 aromatic carbocycles. The zero-order chi connectivity index (χ0) is 13.0. The number of imide groups is 1.